The molecule has 1 saturated heterocycles. The minimum Gasteiger partial charge on any atom is -0.497 e. The lowest BCUT2D eigenvalue weighted by Gasteiger charge is -2.33. The van der Waals surface area contributed by atoms with E-state index in [-0.39, 0.29) is 11.9 Å². The second-order valence-corrected chi connectivity index (χ2v) is 7.35. The number of hydrogen-bond donors (Lipinski definition) is 1. The van der Waals surface area contributed by atoms with E-state index in [4.69, 9.17) is 14.5 Å². The minimum atomic E-state index is -0.131. The van der Waals surface area contributed by atoms with Crippen molar-refractivity contribution >= 4 is 11.9 Å². The maximum atomic E-state index is 11.8. The van der Waals surface area contributed by atoms with Crippen molar-refractivity contribution in [2.24, 2.45) is 18.0 Å². The fraction of sp³-hybridized carbons (Fsp3) is 0.524. The maximum absolute atomic E-state index is 11.8. The highest BCUT2D eigenvalue weighted by Crippen LogP contribution is 2.19. The van der Waals surface area contributed by atoms with E-state index < -0.39 is 0 Å². The van der Waals surface area contributed by atoms with E-state index in [1.54, 1.807) is 7.11 Å². The van der Waals surface area contributed by atoms with Gasteiger partial charge in [0.05, 0.1) is 33.2 Å². The van der Waals surface area contributed by atoms with Crippen LogP contribution >= 0.6 is 0 Å². The molecule has 1 aliphatic rings. The Morgan fingerprint density at radius 2 is 1.90 bits per heavy atom. The van der Waals surface area contributed by atoms with Crippen molar-refractivity contribution in [3.8, 4) is 5.75 Å². The Morgan fingerprint density at radius 3 is 2.47 bits per heavy atom. The number of aryl methyl sites for hydroxylation is 1. The summed E-state index contributed by atoms with van der Waals surface area (Å²) in [5, 5.41) is 11.8. The van der Waals surface area contributed by atoms with Crippen LogP contribution in [0.3, 0.4) is 0 Å². The summed E-state index contributed by atoms with van der Waals surface area (Å²) in [6.45, 7) is 4.47. The van der Waals surface area contributed by atoms with Crippen molar-refractivity contribution in [3.05, 3.63) is 41.5 Å². The standard InChI is InChI=1S/C21H30N6O3/c1-15-24-25-19(26(15)2)14-23-21(22-13-16-5-7-18(29-3)8-6-16)27-11-9-17(10-12-27)20(28)30-4/h5-8,17H,9-14H2,1-4H3,(H,22,23). The molecule has 0 bridgehead atoms. The molecule has 1 aromatic heterocycles. The largest absolute Gasteiger partial charge is 0.497 e. The van der Waals surface area contributed by atoms with Crippen LogP contribution in [0, 0.1) is 12.8 Å². The summed E-state index contributed by atoms with van der Waals surface area (Å²) >= 11 is 0. The summed E-state index contributed by atoms with van der Waals surface area (Å²) in [6, 6.07) is 7.88. The molecule has 2 aromatic rings. The highest BCUT2D eigenvalue weighted by atomic mass is 16.5. The lowest BCUT2D eigenvalue weighted by molar-refractivity contribution is -0.146. The predicted molar refractivity (Wildman–Crippen MR) is 113 cm³/mol. The molecule has 1 aromatic carbocycles. The molecule has 30 heavy (non-hydrogen) atoms. The Hall–Kier alpha value is -3.10. The van der Waals surface area contributed by atoms with Crippen molar-refractivity contribution < 1.29 is 14.3 Å². The molecule has 0 radical (unpaired) electrons. The first-order chi connectivity index (χ1) is 14.5. The van der Waals surface area contributed by atoms with Crippen molar-refractivity contribution in [2.45, 2.75) is 32.9 Å². The highest BCUT2D eigenvalue weighted by Gasteiger charge is 2.27. The molecule has 0 atom stereocenters. The average molecular weight is 415 g/mol. The van der Waals surface area contributed by atoms with Gasteiger partial charge in [0.2, 0.25) is 0 Å². The van der Waals surface area contributed by atoms with E-state index in [2.05, 4.69) is 20.4 Å². The first-order valence-corrected chi connectivity index (χ1v) is 10.1. The number of carbonyl (C=O) groups is 1. The van der Waals surface area contributed by atoms with E-state index in [1.807, 2.05) is 42.8 Å². The van der Waals surface area contributed by atoms with Gasteiger partial charge in [0, 0.05) is 20.1 Å². The Morgan fingerprint density at radius 1 is 1.20 bits per heavy atom. The molecule has 0 unspecified atom stereocenters. The first-order valence-electron chi connectivity index (χ1n) is 10.1. The van der Waals surface area contributed by atoms with Crippen LogP contribution in [0.15, 0.2) is 29.3 Å². The lowest BCUT2D eigenvalue weighted by atomic mass is 9.97. The quantitative estimate of drug-likeness (QED) is 0.436. The predicted octanol–water partition coefficient (Wildman–Crippen LogP) is 1.66. The number of benzene rings is 1. The number of esters is 1. The van der Waals surface area contributed by atoms with E-state index in [1.165, 1.54) is 7.11 Å². The van der Waals surface area contributed by atoms with Crippen molar-refractivity contribution in [2.75, 3.05) is 27.3 Å². The van der Waals surface area contributed by atoms with Gasteiger partial charge in [0.1, 0.15) is 11.6 Å². The number of hydrogen-bond acceptors (Lipinski definition) is 6. The Kier molecular flexibility index (Phi) is 7.26. The molecule has 162 valence electrons. The van der Waals surface area contributed by atoms with Crippen LogP contribution in [-0.2, 0) is 29.7 Å². The van der Waals surface area contributed by atoms with Crippen molar-refractivity contribution in [1.29, 1.82) is 0 Å². The fourth-order valence-electron chi connectivity index (χ4n) is 3.42. The molecule has 0 aliphatic carbocycles. The molecule has 0 spiro atoms. The van der Waals surface area contributed by atoms with Crippen LogP contribution in [0.25, 0.3) is 0 Å². The van der Waals surface area contributed by atoms with Gasteiger partial charge in [0.15, 0.2) is 11.8 Å². The summed E-state index contributed by atoms with van der Waals surface area (Å²) in [5.74, 6) is 3.15. The van der Waals surface area contributed by atoms with Gasteiger partial charge in [-0.05, 0) is 37.5 Å². The number of nitrogens with one attached hydrogen (secondary N) is 1. The van der Waals surface area contributed by atoms with Gasteiger partial charge in [-0.3, -0.25) is 4.79 Å². The molecule has 1 aliphatic heterocycles. The average Bonchev–Trinajstić information content (AvgIpc) is 3.11. The fourth-order valence-corrected chi connectivity index (χ4v) is 3.42. The van der Waals surface area contributed by atoms with E-state index >= 15 is 0 Å². The molecule has 0 amide bonds. The van der Waals surface area contributed by atoms with Gasteiger partial charge < -0.3 is 24.3 Å². The van der Waals surface area contributed by atoms with Crippen LogP contribution in [0.4, 0.5) is 0 Å². The lowest BCUT2D eigenvalue weighted by Crippen LogP contribution is -2.46. The molecule has 1 fully saturated rings. The maximum Gasteiger partial charge on any atom is 0.308 e. The zero-order valence-electron chi connectivity index (χ0n) is 18.1. The molecular formula is C21H30N6O3. The molecule has 9 nitrogen and oxygen atoms in total. The second-order valence-electron chi connectivity index (χ2n) is 7.35. The van der Waals surface area contributed by atoms with E-state index in [9.17, 15) is 4.79 Å². The van der Waals surface area contributed by atoms with Crippen LogP contribution in [0.5, 0.6) is 5.75 Å². The summed E-state index contributed by atoms with van der Waals surface area (Å²) in [5.41, 5.74) is 1.09. The summed E-state index contributed by atoms with van der Waals surface area (Å²) in [4.78, 5) is 18.9. The molecule has 0 saturated carbocycles. The van der Waals surface area contributed by atoms with Crippen LogP contribution in [0.2, 0.25) is 0 Å². The highest BCUT2D eigenvalue weighted by molar-refractivity contribution is 5.80. The zero-order valence-corrected chi connectivity index (χ0v) is 18.1. The third-order valence-electron chi connectivity index (χ3n) is 5.49. The number of piperidine rings is 1. The van der Waals surface area contributed by atoms with Crippen LogP contribution in [-0.4, -0.2) is 58.9 Å². The molecule has 2 heterocycles. The summed E-state index contributed by atoms with van der Waals surface area (Å²) < 4.78 is 12.1. The number of carbonyl (C=O) groups excluding carboxylic acids is 1. The number of aliphatic imine (C=N–C) groups is 1. The number of likely N-dealkylation sites (tertiary alicyclic amines) is 1. The minimum absolute atomic E-state index is 0.0459. The molecule has 1 N–H and O–H groups in total. The Balaban J connectivity index is 1.70. The number of ether oxygens (including phenoxy) is 2. The topological polar surface area (TPSA) is 93.9 Å². The van der Waals surface area contributed by atoms with E-state index in [0.29, 0.717) is 13.1 Å². The second kappa shape index (κ2) is 10.1. The van der Waals surface area contributed by atoms with Gasteiger partial charge in [0.25, 0.3) is 0 Å². The summed E-state index contributed by atoms with van der Waals surface area (Å²) in [6.07, 6.45) is 1.50. The van der Waals surface area contributed by atoms with E-state index in [0.717, 1.165) is 54.9 Å². The monoisotopic (exact) mass is 414 g/mol. The van der Waals surface area contributed by atoms with Gasteiger partial charge >= 0.3 is 5.97 Å². The number of guanidine groups is 1. The van der Waals surface area contributed by atoms with Gasteiger partial charge in [-0.2, -0.15) is 0 Å². The number of aromatic nitrogens is 3. The Labute approximate surface area is 177 Å². The normalized spacial score (nSPS) is 15.2. The Bertz CT molecular complexity index is 869. The number of rotatable bonds is 6. The molecular weight excluding hydrogens is 384 g/mol. The van der Waals surface area contributed by atoms with Crippen molar-refractivity contribution in [1.82, 2.24) is 25.0 Å². The third-order valence-corrected chi connectivity index (χ3v) is 5.49. The number of methoxy groups -OCH3 is 2. The summed E-state index contributed by atoms with van der Waals surface area (Å²) in [7, 11) is 5.05. The van der Waals surface area contributed by atoms with Crippen LogP contribution < -0.4 is 10.1 Å². The zero-order chi connectivity index (χ0) is 21.5. The van der Waals surface area contributed by atoms with Gasteiger partial charge in [-0.25, -0.2) is 4.99 Å². The molecule has 9 heteroatoms. The first kappa shape index (κ1) is 21.6. The molecule has 3 rings (SSSR count). The van der Waals surface area contributed by atoms with Gasteiger partial charge in [-0.1, -0.05) is 12.1 Å². The third kappa shape index (κ3) is 5.28. The SMILES string of the molecule is COC(=O)C1CCN(C(=NCc2ccc(OC)cc2)NCc2nnc(C)n2C)CC1. The van der Waals surface area contributed by atoms with Gasteiger partial charge in [-0.15, -0.1) is 10.2 Å². The number of nitrogens with zero attached hydrogens (tertiary/aromatic N) is 5. The van der Waals surface area contributed by atoms with Crippen molar-refractivity contribution in [3.63, 3.8) is 0 Å². The van der Waals surface area contributed by atoms with Crippen LogP contribution in [0.1, 0.15) is 30.1 Å². The smallest absolute Gasteiger partial charge is 0.308 e.